The number of thioether (sulfide) groups is 1. The summed E-state index contributed by atoms with van der Waals surface area (Å²) in [5.74, 6) is 2.07. The van der Waals surface area contributed by atoms with Crippen LogP contribution in [0.2, 0.25) is 0 Å². The van der Waals surface area contributed by atoms with Gasteiger partial charge in [0.05, 0.1) is 0 Å². The molecule has 1 aliphatic heterocycles. The first-order chi connectivity index (χ1) is 4.79. The minimum absolute atomic E-state index is 0.0144. The van der Waals surface area contributed by atoms with Gasteiger partial charge in [0, 0.05) is 29.5 Å². The van der Waals surface area contributed by atoms with Crippen molar-refractivity contribution in [1.29, 1.82) is 0 Å². The molecular weight excluding hydrogens is 152 g/mol. The zero-order chi connectivity index (χ0) is 7.40. The molecule has 0 radical (unpaired) electrons. The number of hydrogen-bond donors (Lipinski definition) is 0. The molecule has 10 heavy (non-hydrogen) atoms. The summed E-state index contributed by atoms with van der Waals surface area (Å²) in [6.07, 6.45) is 0. The lowest BCUT2D eigenvalue weighted by atomic mass is 10.5. The van der Waals surface area contributed by atoms with Crippen molar-refractivity contribution in [3.63, 3.8) is 0 Å². The molecule has 0 N–H and O–H groups in total. The van der Waals surface area contributed by atoms with Crippen LogP contribution in [0.3, 0.4) is 0 Å². The second-order valence-electron chi connectivity index (χ2n) is 2.20. The van der Waals surface area contributed by atoms with Gasteiger partial charge < -0.3 is 0 Å². The standard InChI is InChI=1S/C5H10N2O2S/c8-7(9)5-6-1-3-10-4-2-6/h1-5H2. The van der Waals surface area contributed by atoms with E-state index in [1.807, 2.05) is 16.7 Å². The molecule has 5 heteroatoms. The predicted octanol–water partition coefficient (Wildman–Crippen LogP) is 0.269. The van der Waals surface area contributed by atoms with Gasteiger partial charge >= 0.3 is 0 Å². The van der Waals surface area contributed by atoms with Gasteiger partial charge in [0.15, 0.2) is 0 Å². The van der Waals surface area contributed by atoms with Gasteiger partial charge in [-0.2, -0.15) is 11.8 Å². The van der Waals surface area contributed by atoms with Gasteiger partial charge in [-0.15, -0.1) is 0 Å². The molecule has 0 aliphatic carbocycles. The van der Waals surface area contributed by atoms with Crippen molar-refractivity contribution < 1.29 is 4.92 Å². The van der Waals surface area contributed by atoms with Crippen molar-refractivity contribution in [3.05, 3.63) is 10.1 Å². The Hall–Kier alpha value is -0.290. The molecular formula is C5H10N2O2S. The summed E-state index contributed by atoms with van der Waals surface area (Å²) in [6, 6.07) is 0. The topological polar surface area (TPSA) is 46.4 Å². The first-order valence-electron chi connectivity index (χ1n) is 3.21. The average Bonchev–Trinajstić information content (AvgIpc) is 1.88. The smallest absolute Gasteiger partial charge is 0.259 e. The maximum atomic E-state index is 10.0. The van der Waals surface area contributed by atoms with Crippen LogP contribution in [0.4, 0.5) is 0 Å². The fourth-order valence-electron chi connectivity index (χ4n) is 0.906. The Kier molecular flexibility index (Phi) is 2.95. The van der Waals surface area contributed by atoms with Gasteiger partial charge in [0.1, 0.15) is 0 Å². The van der Waals surface area contributed by atoms with Gasteiger partial charge in [0.25, 0.3) is 6.67 Å². The molecule has 0 unspecified atom stereocenters. The molecule has 0 spiro atoms. The molecule has 0 atom stereocenters. The number of nitro groups is 1. The quantitative estimate of drug-likeness (QED) is 0.432. The van der Waals surface area contributed by atoms with E-state index < -0.39 is 0 Å². The van der Waals surface area contributed by atoms with E-state index >= 15 is 0 Å². The summed E-state index contributed by atoms with van der Waals surface area (Å²) in [5.41, 5.74) is 0. The normalized spacial score (nSPS) is 20.8. The van der Waals surface area contributed by atoms with Gasteiger partial charge in [-0.25, -0.2) is 4.90 Å². The van der Waals surface area contributed by atoms with E-state index in [0.717, 1.165) is 24.6 Å². The number of nitrogens with zero attached hydrogens (tertiary/aromatic N) is 2. The van der Waals surface area contributed by atoms with Crippen LogP contribution in [0, 0.1) is 10.1 Å². The Morgan fingerprint density at radius 1 is 1.50 bits per heavy atom. The van der Waals surface area contributed by atoms with Gasteiger partial charge in [-0.1, -0.05) is 0 Å². The molecule has 58 valence electrons. The van der Waals surface area contributed by atoms with Crippen molar-refractivity contribution in [2.24, 2.45) is 0 Å². The zero-order valence-corrected chi connectivity index (χ0v) is 6.47. The minimum atomic E-state index is -0.268. The van der Waals surface area contributed by atoms with Crippen LogP contribution in [0.5, 0.6) is 0 Å². The minimum Gasteiger partial charge on any atom is -0.263 e. The molecule has 4 nitrogen and oxygen atoms in total. The molecule has 0 aromatic rings. The van der Waals surface area contributed by atoms with Crippen LogP contribution >= 0.6 is 11.8 Å². The predicted molar refractivity (Wildman–Crippen MR) is 40.8 cm³/mol. The maximum Gasteiger partial charge on any atom is 0.259 e. The zero-order valence-electron chi connectivity index (χ0n) is 5.65. The third-order valence-electron chi connectivity index (χ3n) is 1.42. The molecule has 0 amide bonds. The van der Waals surface area contributed by atoms with Crippen LogP contribution in [-0.4, -0.2) is 41.1 Å². The summed E-state index contributed by atoms with van der Waals surface area (Å²) in [4.78, 5) is 11.6. The number of hydrogen-bond acceptors (Lipinski definition) is 4. The lowest BCUT2D eigenvalue weighted by Gasteiger charge is -2.21. The molecule has 1 fully saturated rings. The molecule has 0 aromatic heterocycles. The highest BCUT2D eigenvalue weighted by atomic mass is 32.2. The summed E-state index contributed by atoms with van der Waals surface area (Å²) in [5, 5.41) is 10.0. The molecule has 0 saturated carbocycles. The van der Waals surface area contributed by atoms with E-state index in [2.05, 4.69) is 0 Å². The van der Waals surface area contributed by atoms with E-state index in [0.29, 0.717) is 0 Å². The SMILES string of the molecule is O=[N+]([O-])CN1CCSCC1. The van der Waals surface area contributed by atoms with Crippen LogP contribution in [0.1, 0.15) is 0 Å². The van der Waals surface area contributed by atoms with Crippen molar-refractivity contribution in [2.45, 2.75) is 0 Å². The lowest BCUT2D eigenvalue weighted by molar-refractivity contribution is -0.503. The van der Waals surface area contributed by atoms with Crippen LogP contribution < -0.4 is 0 Å². The van der Waals surface area contributed by atoms with E-state index in [9.17, 15) is 10.1 Å². The number of rotatable bonds is 2. The second-order valence-corrected chi connectivity index (χ2v) is 3.43. The Bertz CT molecular complexity index is 125. The first-order valence-corrected chi connectivity index (χ1v) is 4.36. The fraction of sp³-hybridized carbons (Fsp3) is 1.00. The Morgan fingerprint density at radius 2 is 2.10 bits per heavy atom. The molecule has 1 heterocycles. The van der Waals surface area contributed by atoms with Crippen LogP contribution in [0.25, 0.3) is 0 Å². The highest BCUT2D eigenvalue weighted by Crippen LogP contribution is 2.07. The lowest BCUT2D eigenvalue weighted by Crippen LogP contribution is -2.36. The fourth-order valence-corrected chi connectivity index (χ4v) is 1.88. The first kappa shape index (κ1) is 7.81. The van der Waals surface area contributed by atoms with E-state index in [1.165, 1.54) is 0 Å². The van der Waals surface area contributed by atoms with E-state index in [-0.39, 0.29) is 11.6 Å². The maximum absolute atomic E-state index is 10.0. The molecule has 1 saturated heterocycles. The molecule has 1 rings (SSSR count). The van der Waals surface area contributed by atoms with Crippen molar-refractivity contribution in [2.75, 3.05) is 31.3 Å². The monoisotopic (exact) mass is 162 g/mol. The third-order valence-corrected chi connectivity index (χ3v) is 2.36. The summed E-state index contributed by atoms with van der Waals surface area (Å²) in [6.45, 7) is 1.75. The Balaban J connectivity index is 2.19. The highest BCUT2D eigenvalue weighted by Gasteiger charge is 2.13. The molecule has 1 aliphatic rings. The van der Waals surface area contributed by atoms with Crippen molar-refractivity contribution in [1.82, 2.24) is 4.90 Å². The van der Waals surface area contributed by atoms with E-state index in [4.69, 9.17) is 0 Å². The third kappa shape index (κ3) is 2.53. The van der Waals surface area contributed by atoms with Crippen LogP contribution in [-0.2, 0) is 0 Å². The average molecular weight is 162 g/mol. The summed E-state index contributed by atoms with van der Waals surface area (Å²) >= 11 is 1.86. The summed E-state index contributed by atoms with van der Waals surface area (Å²) < 4.78 is 0. The van der Waals surface area contributed by atoms with Crippen molar-refractivity contribution in [3.8, 4) is 0 Å². The van der Waals surface area contributed by atoms with Crippen LogP contribution in [0.15, 0.2) is 0 Å². The van der Waals surface area contributed by atoms with Crippen molar-refractivity contribution >= 4 is 11.8 Å². The summed E-state index contributed by atoms with van der Waals surface area (Å²) in [7, 11) is 0. The Morgan fingerprint density at radius 3 is 2.60 bits per heavy atom. The second kappa shape index (κ2) is 3.78. The Labute approximate surface area is 63.7 Å². The highest BCUT2D eigenvalue weighted by molar-refractivity contribution is 7.99. The molecule has 0 bridgehead atoms. The van der Waals surface area contributed by atoms with Gasteiger partial charge in [-0.3, -0.25) is 10.1 Å². The van der Waals surface area contributed by atoms with E-state index in [1.54, 1.807) is 0 Å². The molecule has 0 aromatic carbocycles. The largest absolute Gasteiger partial charge is 0.263 e. The van der Waals surface area contributed by atoms with Gasteiger partial charge in [0.2, 0.25) is 0 Å². The van der Waals surface area contributed by atoms with Gasteiger partial charge in [-0.05, 0) is 0 Å².